The van der Waals surface area contributed by atoms with E-state index in [4.69, 9.17) is 14.2 Å². The first-order valence-corrected chi connectivity index (χ1v) is 16.5. The molecule has 2 atom stereocenters. The molecule has 2 amide bonds. The first kappa shape index (κ1) is 33.4. The molecule has 0 bridgehead atoms. The summed E-state index contributed by atoms with van der Waals surface area (Å²) in [6, 6.07) is 10.5. The summed E-state index contributed by atoms with van der Waals surface area (Å²) in [5, 5.41) is 15.5. The normalized spacial score (nSPS) is 15.5. The number of ether oxygens (including phenoxy) is 3. The third-order valence-corrected chi connectivity index (χ3v) is 10.6. The van der Waals surface area contributed by atoms with Gasteiger partial charge in [-0.05, 0) is 74.2 Å². The number of aromatic hydroxyl groups is 1. The zero-order valence-electron chi connectivity index (χ0n) is 26.6. The Morgan fingerprint density at radius 3 is 2.47 bits per heavy atom. The average molecular weight is 669 g/mol. The monoisotopic (exact) mass is 668 g/mol. The van der Waals surface area contributed by atoms with Gasteiger partial charge in [0.1, 0.15) is 6.04 Å². The number of nitrogens with one attached hydrogen (secondary N) is 3. The smallest absolute Gasteiger partial charge is 0.411 e. The Bertz CT molecular complexity index is 1930. The van der Waals surface area contributed by atoms with Crippen molar-refractivity contribution in [3.63, 3.8) is 0 Å². The first-order chi connectivity index (χ1) is 22.4. The Morgan fingerprint density at radius 1 is 1.04 bits per heavy atom. The van der Waals surface area contributed by atoms with Crippen LogP contribution in [0.4, 0.5) is 20.6 Å². The van der Waals surface area contributed by atoms with E-state index < -0.39 is 45.0 Å². The second-order valence-electron chi connectivity index (χ2n) is 11.4. The topological polar surface area (TPSA) is 159 Å². The van der Waals surface area contributed by atoms with Crippen molar-refractivity contribution in [2.75, 3.05) is 38.5 Å². The van der Waals surface area contributed by atoms with Crippen molar-refractivity contribution in [3.05, 3.63) is 71.7 Å². The molecule has 1 aromatic heterocycles. The van der Waals surface area contributed by atoms with Crippen LogP contribution in [-0.2, 0) is 19.4 Å². The predicted octanol–water partition coefficient (Wildman–Crippen LogP) is 5.91. The molecule has 0 aliphatic carbocycles. The quantitative estimate of drug-likeness (QED) is 0.161. The van der Waals surface area contributed by atoms with Crippen LogP contribution in [-0.4, -0.2) is 68.5 Å². The number of sulfone groups is 1. The van der Waals surface area contributed by atoms with Crippen LogP contribution in [0.3, 0.4) is 0 Å². The van der Waals surface area contributed by atoms with E-state index in [0.717, 1.165) is 0 Å². The number of fused-ring (bicyclic) bond motifs is 1. The number of halogens is 1. The Labute approximate surface area is 271 Å². The third kappa shape index (κ3) is 6.37. The molecule has 0 spiro atoms. The zero-order chi connectivity index (χ0) is 34.0. The summed E-state index contributed by atoms with van der Waals surface area (Å²) in [6.45, 7) is 3.43. The number of aromatic nitrogens is 1. The van der Waals surface area contributed by atoms with Gasteiger partial charge in [-0.15, -0.1) is 0 Å². The van der Waals surface area contributed by atoms with Crippen LogP contribution in [0, 0.1) is 5.82 Å². The van der Waals surface area contributed by atoms with Gasteiger partial charge in [0.25, 0.3) is 0 Å². The third-order valence-electron chi connectivity index (χ3n) is 8.33. The Morgan fingerprint density at radius 2 is 1.79 bits per heavy atom. The number of nitrogens with zero attached hydrogens (tertiary/aromatic N) is 1. The molecule has 1 saturated heterocycles. The number of aromatic amines is 1. The molecule has 1 aliphatic heterocycles. The van der Waals surface area contributed by atoms with E-state index in [1.165, 1.54) is 45.7 Å². The summed E-state index contributed by atoms with van der Waals surface area (Å²) in [5.41, 5.74) is 1.02. The number of hydrogen-bond donors (Lipinski definition) is 4. The number of anilines is 2. The van der Waals surface area contributed by atoms with E-state index in [0.29, 0.717) is 46.5 Å². The van der Waals surface area contributed by atoms with Crippen molar-refractivity contribution < 1.29 is 41.7 Å². The molecule has 5 rings (SSSR count). The molecule has 0 saturated carbocycles. The maximum Gasteiger partial charge on any atom is 0.411 e. The highest BCUT2D eigenvalue weighted by atomic mass is 32.2. The lowest BCUT2D eigenvalue weighted by molar-refractivity contribution is -0.133. The first-order valence-electron chi connectivity index (χ1n) is 14.9. The molecule has 4 aromatic rings. The number of benzene rings is 3. The molecular formula is C33H37FN4O8S. The van der Waals surface area contributed by atoms with Gasteiger partial charge in [0.05, 0.1) is 48.6 Å². The van der Waals surface area contributed by atoms with Crippen molar-refractivity contribution >= 4 is 44.0 Å². The number of carbonyl (C=O) groups excluding carboxylic acids is 2. The molecule has 1 aliphatic rings. The summed E-state index contributed by atoms with van der Waals surface area (Å²) in [6.07, 6.45) is 1.72. The number of amides is 2. The minimum Gasteiger partial charge on any atom is -0.494 e. The standard InChI is InChI=1S/C33H37FN4O8S/c1-18(2)47(42,43)27-13-10-21(36-33(41)46-5)16-22(27)24-7-6-14-38(24)32(40)30(19-9-12-25(44-3)26(15-19)45-4)37-23-11-8-20-17-35-31(39)28(20)29(23)34/h8-13,15-18,24,30,35,37,39H,6-7,14H2,1-5H3,(H,36,41)/t24-,30?/m1/s1. The molecule has 1 unspecified atom stereocenters. The van der Waals surface area contributed by atoms with E-state index in [1.807, 2.05) is 0 Å². The van der Waals surface area contributed by atoms with Crippen molar-refractivity contribution in [1.29, 1.82) is 0 Å². The SMILES string of the molecule is COC(=O)Nc1ccc(S(=O)(=O)C(C)C)c([C@H]2CCCN2C(=O)C(Nc2ccc3c[nH]c(O)c3c2F)c2ccc(OC)c(OC)c2)c1. The molecule has 4 N–H and O–H groups in total. The summed E-state index contributed by atoms with van der Waals surface area (Å²) in [4.78, 5) is 30.9. The Kier molecular flexibility index (Phi) is 9.52. The minimum atomic E-state index is -3.81. The summed E-state index contributed by atoms with van der Waals surface area (Å²) >= 11 is 0. The minimum absolute atomic E-state index is 0.0361. The number of methoxy groups -OCH3 is 3. The van der Waals surface area contributed by atoms with Gasteiger partial charge in [-0.25, -0.2) is 17.6 Å². The lowest BCUT2D eigenvalue weighted by Gasteiger charge is -2.32. The summed E-state index contributed by atoms with van der Waals surface area (Å²) in [5.74, 6) is -0.811. The number of rotatable bonds is 10. The number of likely N-dealkylation sites (tertiary alicyclic amines) is 1. The van der Waals surface area contributed by atoms with Gasteiger partial charge >= 0.3 is 6.09 Å². The van der Waals surface area contributed by atoms with Gasteiger partial charge in [-0.1, -0.05) is 12.1 Å². The van der Waals surface area contributed by atoms with E-state index in [2.05, 4.69) is 15.6 Å². The number of hydrogen-bond acceptors (Lipinski definition) is 9. The van der Waals surface area contributed by atoms with Gasteiger partial charge in [0.2, 0.25) is 5.91 Å². The van der Waals surface area contributed by atoms with Crippen LogP contribution in [0.2, 0.25) is 0 Å². The van der Waals surface area contributed by atoms with Crippen LogP contribution in [0.1, 0.15) is 49.9 Å². The van der Waals surface area contributed by atoms with Gasteiger partial charge in [0.15, 0.2) is 33.0 Å². The van der Waals surface area contributed by atoms with Crippen LogP contribution >= 0.6 is 0 Å². The summed E-state index contributed by atoms with van der Waals surface area (Å²) < 4.78 is 58.5. The van der Waals surface area contributed by atoms with Crippen molar-refractivity contribution in [1.82, 2.24) is 9.88 Å². The van der Waals surface area contributed by atoms with Crippen LogP contribution in [0.25, 0.3) is 10.8 Å². The molecular weight excluding hydrogens is 631 g/mol. The van der Waals surface area contributed by atoms with Crippen molar-refractivity contribution in [2.24, 2.45) is 0 Å². The predicted molar refractivity (Wildman–Crippen MR) is 174 cm³/mol. The number of H-pyrrole nitrogens is 1. The van der Waals surface area contributed by atoms with Crippen molar-refractivity contribution in [2.45, 2.75) is 48.9 Å². The molecule has 1 fully saturated rings. The lowest BCUT2D eigenvalue weighted by Crippen LogP contribution is -2.38. The highest BCUT2D eigenvalue weighted by molar-refractivity contribution is 7.92. The van der Waals surface area contributed by atoms with Crippen LogP contribution in [0.15, 0.2) is 59.6 Å². The number of carbonyl (C=O) groups is 2. The van der Waals surface area contributed by atoms with Crippen LogP contribution < -0.4 is 20.1 Å². The van der Waals surface area contributed by atoms with Gasteiger partial charge in [-0.2, -0.15) is 0 Å². The van der Waals surface area contributed by atoms with Crippen LogP contribution in [0.5, 0.6) is 17.4 Å². The van der Waals surface area contributed by atoms with E-state index in [1.54, 1.807) is 49.1 Å². The van der Waals surface area contributed by atoms with E-state index in [9.17, 15) is 23.1 Å². The molecule has 2 heterocycles. The van der Waals surface area contributed by atoms with Gasteiger partial charge in [-0.3, -0.25) is 10.1 Å². The van der Waals surface area contributed by atoms with E-state index >= 15 is 4.39 Å². The second kappa shape index (κ2) is 13.4. The fraction of sp³-hybridized carbons (Fsp3) is 0.333. The fourth-order valence-electron chi connectivity index (χ4n) is 5.85. The largest absolute Gasteiger partial charge is 0.494 e. The highest BCUT2D eigenvalue weighted by Gasteiger charge is 2.38. The molecule has 250 valence electrons. The van der Waals surface area contributed by atoms with Crippen molar-refractivity contribution in [3.8, 4) is 17.4 Å². The molecule has 3 aromatic carbocycles. The fourth-order valence-corrected chi connectivity index (χ4v) is 7.13. The van der Waals surface area contributed by atoms with Gasteiger partial charge < -0.3 is 34.5 Å². The highest BCUT2D eigenvalue weighted by Crippen LogP contribution is 2.41. The lowest BCUT2D eigenvalue weighted by atomic mass is 10.00. The molecule has 47 heavy (non-hydrogen) atoms. The molecule has 0 radical (unpaired) electrons. The maximum atomic E-state index is 15.8. The second-order valence-corrected chi connectivity index (χ2v) is 13.8. The average Bonchev–Trinajstić information content (AvgIpc) is 3.71. The summed E-state index contributed by atoms with van der Waals surface area (Å²) in [7, 11) is 0.335. The Balaban J connectivity index is 1.62. The van der Waals surface area contributed by atoms with Gasteiger partial charge in [0, 0.05) is 23.8 Å². The molecule has 12 nitrogen and oxygen atoms in total. The Hall–Kier alpha value is -4.98. The maximum absolute atomic E-state index is 15.8. The molecule has 14 heteroatoms. The zero-order valence-corrected chi connectivity index (χ0v) is 27.4. The van der Waals surface area contributed by atoms with E-state index in [-0.39, 0.29) is 28.4 Å².